The molecule has 4 nitrogen and oxygen atoms in total. The fourth-order valence-corrected chi connectivity index (χ4v) is 1.04. The number of rotatable bonds is 4. The maximum absolute atomic E-state index is 11.2. The highest BCUT2D eigenvalue weighted by molar-refractivity contribution is 6.02. The molecular formula is C10H11NO3. The van der Waals surface area contributed by atoms with Gasteiger partial charge in [-0.1, -0.05) is 30.3 Å². The second-order valence-corrected chi connectivity index (χ2v) is 2.94. The predicted octanol–water partition coefficient (Wildman–Crippen LogP) is 0.210. The van der Waals surface area contributed by atoms with Crippen LogP contribution in [-0.4, -0.2) is 22.9 Å². The minimum absolute atomic E-state index is 0.0638. The Bertz CT molecular complexity index is 334. The first-order valence-corrected chi connectivity index (χ1v) is 4.16. The van der Waals surface area contributed by atoms with Crippen LogP contribution in [0.1, 0.15) is 5.56 Å². The van der Waals surface area contributed by atoms with Crippen molar-refractivity contribution >= 4 is 11.8 Å². The van der Waals surface area contributed by atoms with E-state index < -0.39 is 17.8 Å². The number of aliphatic carboxylic acids is 1. The van der Waals surface area contributed by atoms with Crippen molar-refractivity contribution in [3.63, 3.8) is 0 Å². The molecule has 3 N–H and O–H groups in total. The van der Waals surface area contributed by atoms with Crippen LogP contribution < -0.4 is 5.73 Å². The molecule has 1 unspecified atom stereocenters. The lowest BCUT2D eigenvalue weighted by molar-refractivity contribution is -0.142. The predicted molar refractivity (Wildman–Crippen MR) is 50.8 cm³/mol. The Morgan fingerprint density at radius 1 is 1.29 bits per heavy atom. The van der Waals surface area contributed by atoms with Crippen LogP contribution >= 0.6 is 0 Å². The van der Waals surface area contributed by atoms with Crippen molar-refractivity contribution in [3.8, 4) is 0 Å². The number of carboxylic acids is 1. The molecule has 0 aromatic heterocycles. The summed E-state index contributed by atoms with van der Waals surface area (Å²) in [4.78, 5) is 21.6. The SMILES string of the molecule is NC(C(=O)O)C(=O)Cc1ccccc1. The van der Waals surface area contributed by atoms with Crippen LogP contribution in [0, 0.1) is 0 Å². The van der Waals surface area contributed by atoms with Gasteiger partial charge in [0.05, 0.1) is 0 Å². The van der Waals surface area contributed by atoms with Crippen LogP contribution in [0.2, 0.25) is 0 Å². The number of hydrogen-bond donors (Lipinski definition) is 2. The van der Waals surface area contributed by atoms with Crippen molar-refractivity contribution in [3.05, 3.63) is 35.9 Å². The molecule has 1 rings (SSSR count). The van der Waals surface area contributed by atoms with E-state index in [4.69, 9.17) is 10.8 Å². The quantitative estimate of drug-likeness (QED) is 0.670. The third-order valence-corrected chi connectivity index (χ3v) is 1.83. The van der Waals surface area contributed by atoms with Gasteiger partial charge < -0.3 is 10.8 Å². The number of carboxylic acid groups (broad SMARTS) is 1. The molecule has 1 aromatic carbocycles. The second-order valence-electron chi connectivity index (χ2n) is 2.94. The van der Waals surface area contributed by atoms with Crippen molar-refractivity contribution in [1.82, 2.24) is 0 Å². The first-order valence-electron chi connectivity index (χ1n) is 4.16. The summed E-state index contributed by atoms with van der Waals surface area (Å²) in [6.45, 7) is 0. The van der Waals surface area contributed by atoms with Crippen LogP contribution in [0.5, 0.6) is 0 Å². The zero-order chi connectivity index (χ0) is 10.6. The van der Waals surface area contributed by atoms with E-state index in [2.05, 4.69) is 0 Å². The van der Waals surface area contributed by atoms with Crippen molar-refractivity contribution in [2.45, 2.75) is 12.5 Å². The molecule has 0 amide bonds. The van der Waals surface area contributed by atoms with Gasteiger partial charge in [0.25, 0.3) is 0 Å². The Kier molecular flexibility index (Phi) is 3.36. The van der Waals surface area contributed by atoms with Crippen LogP contribution in [0.15, 0.2) is 30.3 Å². The van der Waals surface area contributed by atoms with Gasteiger partial charge >= 0.3 is 5.97 Å². The Morgan fingerprint density at radius 3 is 2.36 bits per heavy atom. The summed E-state index contributed by atoms with van der Waals surface area (Å²) in [7, 11) is 0. The van der Waals surface area contributed by atoms with Gasteiger partial charge in [0.2, 0.25) is 0 Å². The zero-order valence-electron chi connectivity index (χ0n) is 7.51. The molecule has 0 saturated carbocycles. The first kappa shape index (κ1) is 10.4. The number of benzene rings is 1. The zero-order valence-corrected chi connectivity index (χ0v) is 7.51. The summed E-state index contributed by atoms with van der Waals surface area (Å²) in [5.74, 6) is -1.77. The summed E-state index contributed by atoms with van der Waals surface area (Å²) < 4.78 is 0. The fraction of sp³-hybridized carbons (Fsp3) is 0.200. The monoisotopic (exact) mass is 193 g/mol. The van der Waals surface area contributed by atoms with E-state index >= 15 is 0 Å². The van der Waals surface area contributed by atoms with Gasteiger partial charge in [-0.3, -0.25) is 9.59 Å². The fourth-order valence-electron chi connectivity index (χ4n) is 1.04. The molecule has 0 spiro atoms. The van der Waals surface area contributed by atoms with E-state index in [1.54, 1.807) is 24.3 Å². The van der Waals surface area contributed by atoms with Crippen molar-refractivity contribution in [1.29, 1.82) is 0 Å². The molecular weight excluding hydrogens is 182 g/mol. The Balaban J connectivity index is 2.62. The number of Topliss-reactive ketones (excluding diaryl/α,β-unsaturated/α-hetero) is 1. The molecule has 0 fully saturated rings. The van der Waals surface area contributed by atoms with E-state index in [0.717, 1.165) is 5.56 Å². The number of carbonyl (C=O) groups excluding carboxylic acids is 1. The molecule has 14 heavy (non-hydrogen) atoms. The number of nitrogens with two attached hydrogens (primary N) is 1. The maximum atomic E-state index is 11.2. The van der Waals surface area contributed by atoms with Gasteiger partial charge in [-0.2, -0.15) is 0 Å². The molecule has 1 aromatic rings. The average Bonchev–Trinajstić information content (AvgIpc) is 2.18. The molecule has 0 aliphatic heterocycles. The smallest absolute Gasteiger partial charge is 0.328 e. The summed E-state index contributed by atoms with van der Waals surface area (Å²) in [6, 6.07) is 7.49. The van der Waals surface area contributed by atoms with Crippen LogP contribution in [0.25, 0.3) is 0 Å². The summed E-state index contributed by atoms with van der Waals surface area (Å²) in [6.07, 6.45) is 0.0638. The molecule has 0 heterocycles. The van der Waals surface area contributed by atoms with Gasteiger partial charge in [0.1, 0.15) is 0 Å². The third-order valence-electron chi connectivity index (χ3n) is 1.83. The lowest BCUT2D eigenvalue weighted by Gasteiger charge is -2.04. The Labute approximate surface area is 81.3 Å². The molecule has 74 valence electrons. The maximum Gasteiger partial charge on any atom is 0.328 e. The van der Waals surface area contributed by atoms with Gasteiger partial charge in [-0.05, 0) is 5.56 Å². The van der Waals surface area contributed by atoms with Crippen molar-refractivity contribution in [2.75, 3.05) is 0 Å². The Morgan fingerprint density at radius 2 is 1.86 bits per heavy atom. The standard InChI is InChI=1S/C10H11NO3/c11-9(10(13)14)8(12)6-7-4-2-1-3-5-7/h1-5,9H,6,11H2,(H,13,14). The number of ketones is 1. The average molecular weight is 193 g/mol. The minimum Gasteiger partial charge on any atom is -0.480 e. The number of hydrogen-bond acceptors (Lipinski definition) is 3. The molecule has 0 saturated heterocycles. The van der Waals surface area contributed by atoms with Gasteiger partial charge in [-0.25, -0.2) is 0 Å². The summed E-state index contributed by atoms with van der Waals surface area (Å²) in [5.41, 5.74) is 5.93. The van der Waals surface area contributed by atoms with Gasteiger partial charge in [-0.15, -0.1) is 0 Å². The van der Waals surface area contributed by atoms with Crippen LogP contribution in [-0.2, 0) is 16.0 Å². The largest absolute Gasteiger partial charge is 0.480 e. The van der Waals surface area contributed by atoms with E-state index in [1.165, 1.54) is 0 Å². The van der Waals surface area contributed by atoms with Crippen LogP contribution in [0.4, 0.5) is 0 Å². The summed E-state index contributed by atoms with van der Waals surface area (Å²) in [5, 5.41) is 8.48. The van der Waals surface area contributed by atoms with Crippen molar-refractivity contribution in [2.24, 2.45) is 5.73 Å². The molecule has 0 radical (unpaired) electrons. The van der Waals surface area contributed by atoms with E-state index in [-0.39, 0.29) is 6.42 Å². The highest BCUT2D eigenvalue weighted by Gasteiger charge is 2.20. The second kappa shape index (κ2) is 4.53. The lowest BCUT2D eigenvalue weighted by Crippen LogP contribution is -2.39. The molecule has 0 aliphatic carbocycles. The highest BCUT2D eigenvalue weighted by Crippen LogP contribution is 2.01. The third kappa shape index (κ3) is 2.67. The van der Waals surface area contributed by atoms with Crippen molar-refractivity contribution < 1.29 is 14.7 Å². The minimum atomic E-state index is -1.42. The number of carbonyl (C=O) groups is 2. The molecule has 0 aliphatic rings. The van der Waals surface area contributed by atoms with E-state index in [9.17, 15) is 9.59 Å². The van der Waals surface area contributed by atoms with Gasteiger partial charge in [0.15, 0.2) is 11.8 Å². The normalized spacial score (nSPS) is 12.1. The van der Waals surface area contributed by atoms with Crippen LogP contribution in [0.3, 0.4) is 0 Å². The molecule has 4 heteroatoms. The first-order chi connectivity index (χ1) is 6.61. The van der Waals surface area contributed by atoms with Gasteiger partial charge in [0, 0.05) is 6.42 Å². The highest BCUT2D eigenvalue weighted by atomic mass is 16.4. The van der Waals surface area contributed by atoms with E-state index in [1.807, 2.05) is 6.07 Å². The molecule has 0 bridgehead atoms. The summed E-state index contributed by atoms with van der Waals surface area (Å²) >= 11 is 0. The topological polar surface area (TPSA) is 80.4 Å². The Hall–Kier alpha value is -1.68. The lowest BCUT2D eigenvalue weighted by atomic mass is 10.0. The van der Waals surface area contributed by atoms with E-state index in [0.29, 0.717) is 0 Å². The molecule has 1 atom stereocenters.